The number of rotatable bonds is 6. The van der Waals surface area contributed by atoms with Gasteiger partial charge in [-0.1, -0.05) is 18.2 Å². The standard InChI is InChI=1S/C19H21NO3S/c1-13-4-7-16(10-14(13)2)19(22)20-11-18(21)23-12-15-5-8-17(24-3)9-6-15/h4-10H,11-12H2,1-3H3,(H,20,22). The Morgan fingerprint density at radius 1 is 1.04 bits per heavy atom. The van der Waals surface area contributed by atoms with Crippen molar-refractivity contribution in [3.8, 4) is 0 Å². The number of benzene rings is 2. The van der Waals surface area contributed by atoms with E-state index in [1.54, 1.807) is 17.8 Å². The minimum atomic E-state index is -0.457. The molecule has 0 fully saturated rings. The van der Waals surface area contributed by atoms with Gasteiger partial charge in [0.15, 0.2) is 0 Å². The Morgan fingerprint density at radius 3 is 2.38 bits per heavy atom. The van der Waals surface area contributed by atoms with Crippen LogP contribution in [0.25, 0.3) is 0 Å². The summed E-state index contributed by atoms with van der Waals surface area (Å²) in [7, 11) is 0. The summed E-state index contributed by atoms with van der Waals surface area (Å²) in [6.45, 7) is 3.99. The van der Waals surface area contributed by atoms with Crippen LogP contribution >= 0.6 is 11.8 Å². The maximum Gasteiger partial charge on any atom is 0.325 e. The molecule has 5 heteroatoms. The molecule has 0 saturated carbocycles. The Morgan fingerprint density at radius 2 is 1.75 bits per heavy atom. The van der Waals surface area contributed by atoms with Crippen LogP contribution in [0.1, 0.15) is 27.0 Å². The number of carbonyl (C=O) groups is 2. The largest absolute Gasteiger partial charge is 0.460 e. The van der Waals surface area contributed by atoms with Crippen LogP contribution in [-0.2, 0) is 16.1 Å². The van der Waals surface area contributed by atoms with Crippen LogP contribution in [0.15, 0.2) is 47.4 Å². The van der Waals surface area contributed by atoms with Crippen molar-refractivity contribution in [1.82, 2.24) is 5.32 Å². The van der Waals surface area contributed by atoms with Gasteiger partial charge in [-0.15, -0.1) is 11.8 Å². The Labute approximate surface area is 146 Å². The monoisotopic (exact) mass is 343 g/mol. The van der Waals surface area contributed by atoms with E-state index in [0.717, 1.165) is 21.6 Å². The lowest BCUT2D eigenvalue weighted by molar-refractivity contribution is -0.143. The fourth-order valence-electron chi connectivity index (χ4n) is 2.07. The van der Waals surface area contributed by atoms with Crippen LogP contribution in [-0.4, -0.2) is 24.7 Å². The second-order valence-electron chi connectivity index (χ2n) is 5.49. The highest BCUT2D eigenvalue weighted by atomic mass is 32.2. The lowest BCUT2D eigenvalue weighted by Crippen LogP contribution is -2.30. The molecule has 2 aromatic rings. The van der Waals surface area contributed by atoms with Crippen molar-refractivity contribution in [1.29, 1.82) is 0 Å². The number of ether oxygens (including phenoxy) is 1. The summed E-state index contributed by atoms with van der Waals surface area (Å²) < 4.78 is 5.17. The summed E-state index contributed by atoms with van der Waals surface area (Å²) >= 11 is 1.66. The van der Waals surface area contributed by atoms with Crippen LogP contribution in [0.4, 0.5) is 0 Å². The Hall–Kier alpha value is -2.27. The molecule has 0 heterocycles. The summed E-state index contributed by atoms with van der Waals surface area (Å²) in [5.41, 5.74) is 3.62. The second kappa shape index (κ2) is 8.55. The summed E-state index contributed by atoms with van der Waals surface area (Å²) in [6, 6.07) is 13.3. The molecule has 126 valence electrons. The van der Waals surface area contributed by atoms with Crippen LogP contribution in [0.2, 0.25) is 0 Å². The molecule has 2 aromatic carbocycles. The minimum absolute atomic E-state index is 0.144. The zero-order chi connectivity index (χ0) is 17.5. The van der Waals surface area contributed by atoms with Crippen molar-refractivity contribution < 1.29 is 14.3 Å². The number of hydrogen-bond donors (Lipinski definition) is 1. The molecule has 0 spiro atoms. The van der Waals surface area contributed by atoms with E-state index >= 15 is 0 Å². The van der Waals surface area contributed by atoms with Crippen LogP contribution < -0.4 is 5.32 Å². The molecule has 24 heavy (non-hydrogen) atoms. The van der Waals surface area contributed by atoms with E-state index in [9.17, 15) is 9.59 Å². The lowest BCUT2D eigenvalue weighted by Gasteiger charge is -2.08. The van der Waals surface area contributed by atoms with Gasteiger partial charge in [0.05, 0.1) is 0 Å². The van der Waals surface area contributed by atoms with Gasteiger partial charge in [0.1, 0.15) is 13.2 Å². The third-order valence-electron chi connectivity index (χ3n) is 3.72. The van der Waals surface area contributed by atoms with E-state index in [2.05, 4.69) is 5.32 Å². The average molecular weight is 343 g/mol. The van der Waals surface area contributed by atoms with E-state index in [0.29, 0.717) is 5.56 Å². The third-order valence-corrected chi connectivity index (χ3v) is 4.46. The zero-order valence-corrected chi connectivity index (χ0v) is 14.9. The first-order valence-corrected chi connectivity index (χ1v) is 8.86. The molecule has 0 aliphatic rings. The number of amides is 1. The number of nitrogens with one attached hydrogen (secondary N) is 1. The zero-order valence-electron chi connectivity index (χ0n) is 14.1. The van der Waals surface area contributed by atoms with E-state index < -0.39 is 5.97 Å². The highest BCUT2D eigenvalue weighted by Gasteiger charge is 2.10. The molecular formula is C19H21NO3S. The van der Waals surface area contributed by atoms with Crippen molar-refractivity contribution in [2.45, 2.75) is 25.3 Å². The van der Waals surface area contributed by atoms with Crippen molar-refractivity contribution in [2.24, 2.45) is 0 Å². The summed E-state index contributed by atoms with van der Waals surface area (Å²) in [5, 5.41) is 2.58. The van der Waals surface area contributed by atoms with Crippen molar-refractivity contribution in [3.63, 3.8) is 0 Å². The fourth-order valence-corrected chi connectivity index (χ4v) is 2.48. The van der Waals surface area contributed by atoms with Gasteiger partial charge in [-0.05, 0) is 61.1 Å². The molecular weight excluding hydrogens is 322 g/mol. The quantitative estimate of drug-likeness (QED) is 0.644. The van der Waals surface area contributed by atoms with Crippen LogP contribution in [0.3, 0.4) is 0 Å². The van der Waals surface area contributed by atoms with Gasteiger partial charge >= 0.3 is 5.97 Å². The predicted molar refractivity (Wildman–Crippen MR) is 96.3 cm³/mol. The molecule has 1 N–H and O–H groups in total. The van der Waals surface area contributed by atoms with E-state index in [1.165, 1.54) is 0 Å². The number of hydrogen-bond acceptors (Lipinski definition) is 4. The SMILES string of the molecule is CSc1ccc(COC(=O)CNC(=O)c2ccc(C)c(C)c2)cc1. The van der Waals surface area contributed by atoms with Crippen molar-refractivity contribution in [2.75, 3.05) is 12.8 Å². The topological polar surface area (TPSA) is 55.4 Å². The summed E-state index contributed by atoms with van der Waals surface area (Å²) in [6.07, 6.45) is 2.01. The van der Waals surface area contributed by atoms with Gasteiger partial charge in [0.25, 0.3) is 5.91 Å². The second-order valence-corrected chi connectivity index (χ2v) is 6.37. The number of esters is 1. The number of thioether (sulfide) groups is 1. The lowest BCUT2D eigenvalue weighted by atomic mass is 10.1. The van der Waals surface area contributed by atoms with E-state index in [-0.39, 0.29) is 19.1 Å². The highest BCUT2D eigenvalue weighted by Crippen LogP contribution is 2.15. The maximum absolute atomic E-state index is 12.0. The molecule has 0 atom stereocenters. The molecule has 0 aliphatic carbocycles. The third kappa shape index (κ3) is 5.13. The molecule has 0 bridgehead atoms. The fraction of sp³-hybridized carbons (Fsp3) is 0.263. The van der Waals surface area contributed by atoms with Gasteiger partial charge in [-0.25, -0.2) is 0 Å². The van der Waals surface area contributed by atoms with E-state index in [4.69, 9.17) is 4.74 Å². The molecule has 1 amide bonds. The van der Waals surface area contributed by atoms with Gasteiger partial charge in [0.2, 0.25) is 0 Å². The molecule has 0 aromatic heterocycles. The molecule has 0 radical (unpaired) electrons. The average Bonchev–Trinajstić information content (AvgIpc) is 2.60. The van der Waals surface area contributed by atoms with Gasteiger partial charge < -0.3 is 10.1 Å². The summed E-state index contributed by atoms with van der Waals surface area (Å²) in [5.74, 6) is -0.736. The highest BCUT2D eigenvalue weighted by molar-refractivity contribution is 7.98. The smallest absolute Gasteiger partial charge is 0.325 e. The van der Waals surface area contributed by atoms with Crippen LogP contribution in [0, 0.1) is 13.8 Å². The minimum Gasteiger partial charge on any atom is -0.460 e. The Bertz CT molecular complexity index is 726. The maximum atomic E-state index is 12.0. The van der Waals surface area contributed by atoms with Gasteiger partial charge in [-0.3, -0.25) is 9.59 Å². The van der Waals surface area contributed by atoms with Crippen molar-refractivity contribution >= 4 is 23.6 Å². The normalized spacial score (nSPS) is 10.3. The Kier molecular flexibility index (Phi) is 6.44. The Balaban J connectivity index is 1.79. The molecule has 0 aliphatic heterocycles. The molecule has 0 saturated heterocycles. The predicted octanol–water partition coefficient (Wildman–Crippen LogP) is 3.50. The molecule has 2 rings (SSSR count). The first kappa shape index (κ1) is 18.1. The number of carbonyl (C=O) groups excluding carboxylic acids is 2. The van der Waals surface area contributed by atoms with Crippen molar-refractivity contribution in [3.05, 3.63) is 64.7 Å². The summed E-state index contributed by atoms with van der Waals surface area (Å²) in [4.78, 5) is 24.9. The first-order valence-electron chi connectivity index (χ1n) is 7.63. The molecule has 4 nitrogen and oxygen atoms in total. The van der Waals surface area contributed by atoms with E-state index in [1.807, 2.05) is 56.5 Å². The van der Waals surface area contributed by atoms with Crippen LogP contribution in [0.5, 0.6) is 0 Å². The first-order chi connectivity index (χ1) is 11.5. The van der Waals surface area contributed by atoms with Gasteiger partial charge in [-0.2, -0.15) is 0 Å². The molecule has 0 unspecified atom stereocenters. The number of aryl methyl sites for hydroxylation is 2. The van der Waals surface area contributed by atoms with Gasteiger partial charge in [0, 0.05) is 10.5 Å².